The number of amides is 1. The number of piperidine rings is 1. The topological polar surface area (TPSA) is 41.6 Å². The number of hydrogen-bond donors (Lipinski definition) is 1. The Kier molecular flexibility index (Phi) is 4.11. The lowest BCUT2D eigenvalue weighted by Crippen LogP contribution is -2.53. The molecule has 0 aromatic carbocycles. The number of ether oxygens (including phenoxy) is 1. The van der Waals surface area contributed by atoms with Gasteiger partial charge in [-0.15, -0.1) is 0 Å². The quantitative estimate of drug-likeness (QED) is 0.762. The molecule has 0 aromatic rings. The van der Waals surface area contributed by atoms with Crippen LogP contribution in [0.1, 0.15) is 12.8 Å². The minimum absolute atomic E-state index is 0.108. The number of hydrogen-bond acceptors (Lipinski definition) is 3. The molecule has 2 saturated heterocycles. The highest BCUT2D eigenvalue weighted by atomic mass is 19.4. The smallest absolute Gasteiger partial charge is 0.366 e. The van der Waals surface area contributed by atoms with E-state index in [0.29, 0.717) is 32.7 Å². The van der Waals surface area contributed by atoms with E-state index in [1.54, 1.807) is 0 Å². The van der Waals surface area contributed by atoms with Crippen molar-refractivity contribution in [1.29, 1.82) is 0 Å². The standard InChI is InChI=1S/C11H17F3N2O2/c12-11(13,14)8-2-1-4-16(7-8)10(17)9-6-15-3-5-18-9/h8-9,15H,1-7H2. The molecular formula is C11H17F3N2O2. The van der Waals surface area contributed by atoms with Crippen molar-refractivity contribution in [3.63, 3.8) is 0 Å². The first kappa shape index (κ1) is 13.6. The summed E-state index contributed by atoms with van der Waals surface area (Å²) in [5.74, 6) is -1.72. The maximum absolute atomic E-state index is 12.6. The highest BCUT2D eigenvalue weighted by Crippen LogP contribution is 2.33. The van der Waals surface area contributed by atoms with Gasteiger partial charge in [-0.3, -0.25) is 4.79 Å². The van der Waals surface area contributed by atoms with Crippen LogP contribution in [-0.4, -0.2) is 55.9 Å². The van der Waals surface area contributed by atoms with E-state index in [0.717, 1.165) is 0 Å². The second kappa shape index (κ2) is 5.44. The first-order valence-electron chi connectivity index (χ1n) is 6.16. The Morgan fingerprint density at radius 3 is 2.78 bits per heavy atom. The molecule has 2 atom stereocenters. The van der Waals surface area contributed by atoms with Crippen LogP contribution in [0.2, 0.25) is 0 Å². The molecular weight excluding hydrogens is 249 g/mol. The van der Waals surface area contributed by atoms with Crippen LogP contribution in [0, 0.1) is 5.92 Å². The maximum Gasteiger partial charge on any atom is 0.393 e. The van der Waals surface area contributed by atoms with Gasteiger partial charge in [0.1, 0.15) is 6.10 Å². The molecule has 104 valence electrons. The number of carbonyl (C=O) groups is 1. The molecule has 0 spiro atoms. The molecule has 2 rings (SSSR count). The van der Waals surface area contributed by atoms with Crippen molar-refractivity contribution in [2.75, 3.05) is 32.8 Å². The second-order valence-corrected chi connectivity index (χ2v) is 4.73. The summed E-state index contributed by atoms with van der Waals surface area (Å²) in [6.07, 6.45) is -4.34. The van der Waals surface area contributed by atoms with Gasteiger partial charge in [0.15, 0.2) is 0 Å². The highest BCUT2D eigenvalue weighted by Gasteiger charge is 2.43. The van der Waals surface area contributed by atoms with Crippen molar-refractivity contribution < 1.29 is 22.7 Å². The molecule has 0 aromatic heterocycles. The molecule has 7 heteroatoms. The van der Waals surface area contributed by atoms with Crippen molar-refractivity contribution in [2.24, 2.45) is 5.92 Å². The number of halogens is 3. The Balaban J connectivity index is 1.93. The molecule has 2 unspecified atom stereocenters. The number of nitrogens with zero attached hydrogens (tertiary/aromatic N) is 1. The van der Waals surface area contributed by atoms with E-state index in [1.807, 2.05) is 0 Å². The van der Waals surface area contributed by atoms with Crippen LogP contribution in [0.15, 0.2) is 0 Å². The van der Waals surface area contributed by atoms with Gasteiger partial charge in [-0.05, 0) is 12.8 Å². The van der Waals surface area contributed by atoms with E-state index in [-0.39, 0.29) is 18.9 Å². The number of nitrogens with one attached hydrogen (secondary N) is 1. The Hall–Kier alpha value is -0.820. The van der Waals surface area contributed by atoms with Crippen LogP contribution >= 0.6 is 0 Å². The van der Waals surface area contributed by atoms with Gasteiger partial charge < -0.3 is 15.0 Å². The van der Waals surface area contributed by atoms with E-state index in [1.165, 1.54) is 4.90 Å². The minimum atomic E-state index is -4.22. The minimum Gasteiger partial charge on any atom is -0.366 e. The molecule has 0 bridgehead atoms. The molecule has 2 fully saturated rings. The summed E-state index contributed by atoms with van der Waals surface area (Å²) in [5, 5.41) is 3.00. The van der Waals surface area contributed by atoms with Gasteiger partial charge in [0, 0.05) is 26.2 Å². The summed E-state index contributed by atoms with van der Waals surface area (Å²) in [7, 11) is 0. The van der Waals surface area contributed by atoms with E-state index in [2.05, 4.69) is 5.32 Å². The summed E-state index contributed by atoms with van der Waals surface area (Å²) in [6, 6.07) is 0. The van der Waals surface area contributed by atoms with Crippen LogP contribution in [0.5, 0.6) is 0 Å². The first-order valence-corrected chi connectivity index (χ1v) is 6.16. The summed E-state index contributed by atoms with van der Waals surface area (Å²) < 4.78 is 43.2. The van der Waals surface area contributed by atoms with Gasteiger partial charge in [0.25, 0.3) is 5.91 Å². The largest absolute Gasteiger partial charge is 0.393 e. The lowest BCUT2D eigenvalue weighted by molar-refractivity contribution is -0.190. The Morgan fingerprint density at radius 1 is 1.39 bits per heavy atom. The third kappa shape index (κ3) is 3.14. The van der Waals surface area contributed by atoms with Gasteiger partial charge in [0.05, 0.1) is 12.5 Å². The lowest BCUT2D eigenvalue weighted by Gasteiger charge is -2.36. The molecule has 0 radical (unpaired) electrons. The van der Waals surface area contributed by atoms with Crippen LogP contribution in [0.3, 0.4) is 0 Å². The molecule has 0 aliphatic carbocycles. The molecule has 2 aliphatic rings. The summed E-state index contributed by atoms with van der Waals surface area (Å²) in [4.78, 5) is 13.3. The molecule has 1 amide bonds. The third-order valence-electron chi connectivity index (χ3n) is 3.40. The van der Waals surface area contributed by atoms with Gasteiger partial charge in [-0.25, -0.2) is 0 Å². The number of morpholine rings is 1. The zero-order valence-corrected chi connectivity index (χ0v) is 10.0. The predicted molar refractivity (Wildman–Crippen MR) is 58.0 cm³/mol. The molecule has 1 N–H and O–H groups in total. The van der Waals surface area contributed by atoms with Crippen molar-refractivity contribution >= 4 is 5.91 Å². The highest BCUT2D eigenvalue weighted by molar-refractivity contribution is 5.81. The summed E-state index contributed by atoms with van der Waals surface area (Å²) in [5.41, 5.74) is 0. The first-order chi connectivity index (χ1) is 8.48. The second-order valence-electron chi connectivity index (χ2n) is 4.73. The van der Waals surface area contributed by atoms with E-state index in [4.69, 9.17) is 4.74 Å². The zero-order valence-electron chi connectivity index (χ0n) is 10.0. The fourth-order valence-electron chi connectivity index (χ4n) is 2.37. The average Bonchev–Trinajstić information content (AvgIpc) is 2.38. The van der Waals surface area contributed by atoms with Crippen LogP contribution in [-0.2, 0) is 9.53 Å². The number of alkyl halides is 3. The van der Waals surface area contributed by atoms with Gasteiger partial charge in [-0.2, -0.15) is 13.2 Å². The van der Waals surface area contributed by atoms with Crippen molar-refractivity contribution in [1.82, 2.24) is 10.2 Å². The summed E-state index contributed by atoms with van der Waals surface area (Å²) in [6.45, 7) is 1.64. The summed E-state index contributed by atoms with van der Waals surface area (Å²) >= 11 is 0. The number of likely N-dealkylation sites (tertiary alicyclic amines) is 1. The van der Waals surface area contributed by atoms with Gasteiger partial charge in [0.2, 0.25) is 0 Å². The fraction of sp³-hybridized carbons (Fsp3) is 0.909. The number of rotatable bonds is 1. The van der Waals surface area contributed by atoms with E-state index in [9.17, 15) is 18.0 Å². The fourth-order valence-corrected chi connectivity index (χ4v) is 2.37. The lowest BCUT2D eigenvalue weighted by atomic mass is 9.97. The Bertz CT molecular complexity index is 303. The molecule has 0 saturated carbocycles. The molecule has 4 nitrogen and oxygen atoms in total. The molecule has 18 heavy (non-hydrogen) atoms. The van der Waals surface area contributed by atoms with E-state index >= 15 is 0 Å². The van der Waals surface area contributed by atoms with Crippen LogP contribution in [0.4, 0.5) is 13.2 Å². The SMILES string of the molecule is O=C(C1CNCCO1)N1CCCC(C(F)(F)F)C1. The van der Waals surface area contributed by atoms with Crippen molar-refractivity contribution in [3.8, 4) is 0 Å². The zero-order chi connectivity index (χ0) is 13.2. The van der Waals surface area contributed by atoms with Crippen molar-refractivity contribution in [3.05, 3.63) is 0 Å². The van der Waals surface area contributed by atoms with Gasteiger partial charge >= 0.3 is 6.18 Å². The third-order valence-corrected chi connectivity index (χ3v) is 3.40. The molecule has 2 aliphatic heterocycles. The monoisotopic (exact) mass is 266 g/mol. The maximum atomic E-state index is 12.6. The average molecular weight is 266 g/mol. The predicted octanol–water partition coefficient (Wildman–Crippen LogP) is 0.776. The number of carbonyl (C=O) groups excluding carboxylic acids is 1. The van der Waals surface area contributed by atoms with Crippen LogP contribution < -0.4 is 5.32 Å². The molecule has 2 heterocycles. The Labute approximate surface area is 103 Å². The van der Waals surface area contributed by atoms with Crippen LogP contribution in [0.25, 0.3) is 0 Å². The Morgan fingerprint density at radius 2 is 2.17 bits per heavy atom. The normalized spacial score (nSPS) is 30.3. The van der Waals surface area contributed by atoms with E-state index < -0.39 is 18.2 Å². The van der Waals surface area contributed by atoms with Crippen molar-refractivity contribution in [2.45, 2.75) is 25.1 Å². The van der Waals surface area contributed by atoms with Gasteiger partial charge in [-0.1, -0.05) is 0 Å².